The molecule has 2 heteroatoms. The molecule has 1 aliphatic rings. The summed E-state index contributed by atoms with van der Waals surface area (Å²) in [6.07, 6.45) is 7.07. The first-order chi connectivity index (χ1) is 16.8. The summed E-state index contributed by atoms with van der Waals surface area (Å²) < 4.78 is 0. The van der Waals surface area contributed by atoms with Crippen molar-refractivity contribution in [1.29, 1.82) is 0 Å². The lowest BCUT2D eigenvalue weighted by Crippen LogP contribution is -2.36. The van der Waals surface area contributed by atoms with Gasteiger partial charge in [-0.25, -0.2) is 0 Å². The molecule has 0 nitrogen and oxygen atoms in total. The fourth-order valence-corrected chi connectivity index (χ4v) is 7.96. The van der Waals surface area contributed by atoms with Crippen molar-refractivity contribution >= 4 is 61.3 Å². The second-order valence-corrected chi connectivity index (χ2v) is 11.5. The molecule has 0 aromatic heterocycles. The monoisotopic (exact) mass is 472 g/mol. The van der Waals surface area contributed by atoms with Crippen molar-refractivity contribution in [2.24, 2.45) is 0 Å². The molecule has 1 unspecified atom stereocenters. The van der Waals surface area contributed by atoms with Crippen molar-refractivity contribution in [2.75, 3.05) is 0 Å². The molecule has 5 aromatic carbocycles. The quantitative estimate of drug-likeness (QED) is 0.319. The Labute approximate surface area is 204 Å². The lowest BCUT2D eigenvalue weighted by atomic mass is 9.93. The summed E-state index contributed by atoms with van der Waals surface area (Å²) in [5.74, 6) is 0. The first-order valence-corrected chi connectivity index (χ1v) is 13.7. The highest BCUT2D eigenvalue weighted by Gasteiger charge is 2.23. The molecule has 0 fully saturated rings. The highest BCUT2D eigenvalue weighted by atomic mass is 31.1. The molecule has 5 aromatic rings. The fraction of sp³-hybridized carbons (Fsp3) is 0.0625. The zero-order valence-electron chi connectivity index (χ0n) is 19.0. The summed E-state index contributed by atoms with van der Waals surface area (Å²) in [5.41, 5.74) is 2.75. The zero-order chi connectivity index (χ0) is 22.9. The van der Waals surface area contributed by atoms with Gasteiger partial charge in [0.2, 0.25) is 0 Å². The van der Waals surface area contributed by atoms with Gasteiger partial charge in [0.1, 0.15) is 0 Å². The second kappa shape index (κ2) is 9.31. The van der Waals surface area contributed by atoms with Crippen LogP contribution in [-0.2, 0) is 0 Å². The molecule has 0 N–H and O–H groups in total. The molecule has 34 heavy (non-hydrogen) atoms. The number of rotatable bonds is 4. The van der Waals surface area contributed by atoms with Crippen LogP contribution in [0.25, 0.3) is 34.1 Å². The molecule has 1 aliphatic carbocycles. The number of benzene rings is 5. The van der Waals surface area contributed by atoms with Crippen molar-refractivity contribution in [3.8, 4) is 11.1 Å². The van der Waals surface area contributed by atoms with Crippen LogP contribution in [0.15, 0.2) is 109 Å². The molecular formula is C32H26P2. The molecule has 0 bridgehead atoms. The molecule has 1 atom stereocenters. The van der Waals surface area contributed by atoms with Crippen LogP contribution >= 0.6 is 17.2 Å². The Morgan fingerprint density at radius 3 is 1.94 bits per heavy atom. The van der Waals surface area contributed by atoms with Gasteiger partial charge in [0.25, 0.3) is 0 Å². The number of hydrogen-bond donors (Lipinski definition) is 0. The van der Waals surface area contributed by atoms with Gasteiger partial charge in [0.05, 0.1) is 0 Å². The van der Waals surface area contributed by atoms with Crippen LogP contribution < -0.4 is 31.7 Å². The van der Waals surface area contributed by atoms with Crippen LogP contribution in [0.4, 0.5) is 0 Å². The lowest BCUT2D eigenvalue weighted by Gasteiger charge is -2.25. The molecule has 0 heterocycles. The van der Waals surface area contributed by atoms with Gasteiger partial charge in [-0.15, -0.1) is 9.24 Å². The van der Waals surface area contributed by atoms with Crippen molar-refractivity contribution in [2.45, 2.75) is 12.8 Å². The van der Waals surface area contributed by atoms with E-state index >= 15 is 0 Å². The highest BCUT2D eigenvalue weighted by Crippen LogP contribution is 2.37. The van der Waals surface area contributed by atoms with Crippen molar-refractivity contribution in [1.82, 2.24) is 0 Å². The molecular weight excluding hydrogens is 446 g/mol. The van der Waals surface area contributed by atoms with Crippen LogP contribution in [0.3, 0.4) is 0 Å². The minimum absolute atomic E-state index is 0.717. The Morgan fingerprint density at radius 1 is 0.559 bits per heavy atom. The van der Waals surface area contributed by atoms with Gasteiger partial charge in [-0.1, -0.05) is 121 Å². The number of fused-ring (bicyclic) bond motifs is 2. The maximum atomic E-state index is 3.02. The van der Waals surface area contributed by atoms with Crippen LogP contribution in [0.5, 0.6) is 0 Å². The minimum atomic E-state index is -0.717. The van der Waals surface area contributed by atoms with Gasteiger partial charge >= 0.3 is 0 Å². The van der Waals surface area contributed by atoms with E-state index in [-0.39, 0.29) is 0 Å². The third kappa shape index (κ3) is 3.82. The van der Waals surface area contributed by atoms with Gasteiger partial charge < -0.3 is 0 Å². The number of hydrogen-bond acceptors (Lipinski definition) is 0. The Morgan fingerprint density at radius 2 is 1.21 bits per heavy atom. The average Bonchev–Trinajstić information content (AvgIpc) is 2.90. The summed E-state index contributed by atoms with van der Waals surface area (Å²) in [4.78, 5) is 0. The Bertz CT molecular complexity index is 1560. The summed E-state index contributed by atoms with van der Waals surface area (Å²) >= 11 is 0. The smallest absolute Gasteiger partial charge is 0.00126 e. The van der Waals surface area contributed by atoms with E-state index in [1.165, 1.54) is 53.6 Å². The van der Waals surface area contributed by atoms with Gasteiger partial charge in [-0.3, -0.25) is 0 Å². The maximum absolute atomic E-state index is 3.02. The van der Waals surface area contributed by atoms with Gasteiger partial charge in [0, 0.05) is 0 Å². The maximum Gasteiger partial charge on any atom is -0.00126 e. The van der Waals surface area contributed by atoms with E-state index < -0.39 is 7.92 Å². The van der Waals surface area contributed by atoms with Gasteiger partial charge in [-0.05, 0) is 74.3 Å². The largest absolute Gasteiger partial charge is 0.105 e. The fourth-order valence-electron chi connectivity index (χ4n) is 5.09. The molecule has 0 spiro atoms. The van der Waals surface area contributed by atoms with E-state index in [1.54, 1.807) is 0 Å². The Kier molecular flexibility index (Phi) is 5.88. The Balaban J connectivity index is 1.76. The minimum Gasteiger partial charge on any atom is -0.105 e. The summed E-state index contributed by atoms with van der Waals surface area (Å²) in [5, 5.41) is 10.8. The molecule has 0 aliphatic heterocycles. The summed E-state index contributed by atoms with van der Waals surface area (Å²) in [7, 11) is 2.30. The standard InChI is InChI=1S/C32H26P2/c33-29-21-19-23-11-7-9-17-27(23)31(29)32-28-18-10-8-12-24(28)20-22-30(32)34(25-13-3-1-4-14-25)26-15-5-2-6-16-26/h1-7,9,11-22H,8,10,33H2. The topological polar surface area (TPSA) is 0 Å². The molecule has 6 rings (SSSR count). The zero-order valence-corrected chi connectivity index (χ0v) is 21.0. The molecule has 0 radical (unpaired) electrons. The van der Waals surface area contributed by atoms with E-state index in [0.29, 0.717) is 0 Å². The first kappa shape index (κ1) is 21.5. The first-order valence-electron chi connectivity index (χ1n) is 11.8. The van der Waals surface area contributed by atoms with Crippen molar-refractivity contribution < 1.29 is 0 Å². The van der Waals surface area contributed by atoms with E-state index in [2.05, 4.69) is 131 Å². The Hall–Kier alpha value is -3.04. The predicted molar refractivity (Wildman–Crippen MR) is 155 cm³/mol. The van der Waals surface area contributed by atoms with Gasteiger partial charge in [-0.2, -0.15) is 0 Å². The van der Waals surface area contributed by atoms with Crippen LogP contribution in [-0.4, -0.2) is 0 Å². The van der Waals surface area contributed by atoms with E-state index in [0.717, 1.165) is 12.8 Å². The highest BCUT2D eigenvalue weighted by molar-refractivity contribution is 7.80. The van der Waals surface area contributed by atoms with Crippen LogP contribution in [0, 0.1) is 0 Å². The van der Waals surface area contributed by atoms with E-state index in [1.807, 2.05) is 0 Å². The van der Waals surface area contributed by atoms with Gasteiger partial charge in [0.15, 0.2) is 0 Å². The van der Waals surface area contributed by atoms with Crippen molar-refractivity contribution in [3.05, 3.63) is 120 Å². The lowest BCUT2D eigenvalue weighted by molar-refractivity contribution is 1.12. The van der Waals surface area contributed by atoms with E-state index in [4.69, 9.17) is 0 Å². The van der Waals surface area contributed by atoms with Crippen molar-refractivity contribution in [3.63, 3.8) is 0 Å². The average molecular weight is 473 g/mol. The second-order valence-electron chi connectivity index (χ2n) is 8.71. The van der Waals surface area contributed by atoms with E-state index in [9.17, 15) is 0 Å². The third-order valence-corrected chi connectivity index (χ3v) is 9.58. The molecule has 0 saturated carbocycles. The predicted octanol–water partition coefficient (Wildman–Crippen LogP) is 5.12. The molecule has 0 saturated heterocycles. The third-order valence-electron chi connectivity index (χ3n) is 6.62. The van der Waals surface area contributed by atoms with Crippen LogP contribution in [0.2, 0.25) is 0 Å². The SMILES string of the molecule is Pc1ccc2ccccc2c1-c1c(P(c2ccccc2)c2ccccc2)ccc2c1=CCCC=2. The molecule has 0 amide bonds. The van der Waals surface area contributed by atoms with Crippen LogP contribution in [0.1, 0.15) is 12.8 Å². The summed E-state index contributed by atoms with van der Waals surface area (Å²) in [6.45, 7) is 0. The normalized spacial score (nSPS) is 12.8. The summed E-state index contributed by atoms with van der Waals surface area (Å²) in [6, 6.07) is 40.1. The molecule has 164 valence electrons.